The van der Waals surface area contributed by atoms with E-state index < -0.39 is 6.04 Å². The van der Waals surface area contributed by atoms with Gasteiger partial charge in [-0.2, -0.15) is 0 Å². The van der Waals surface area contributed by atoms with E-state index in [4.69, 9.17) is 4.74 Å². The van der Waals surface area contributed by atoms with Crippen LogP contribution >= 0.6 is 11.8 Å². The fourth-order valence-electron chi connectivity index (χ4n) is 3.49. The van der Waals surface area contributed by atoms with Crippen molar-refractivity contribution < 1.29 is 14.3 Å². The van der Waals surface area contributed by atoms with Crippen molar-refractivity contribution in [3.63, 3.8) is 0 Å². The fraction of sp³-hybridized carbons (Fsp3) is 0.333. The number of ether oxygens (including phenoxy) is 1. The summed E-state index contributed by atoms with van der Waals surface area (Å²) in [6.07, 6.45) is 0.891. The van der Waals surface area contributed by atoms with Gasteiger partial charge >= 0.3 is 0 Å². The average Bonchev–Trinajstić information content (AvgIpc) is 3.22. The van der Waals surface area contributed by atoms with Crippen LogP contribution < -0.4 is 10.1 Å². The highest BCUT2D eigenvalue weighted by Gasteiger charge is 2.35. The van der Waals surface area contributed by atoms with Crippen LogP contribution in [0.15, 0.2) is 54.6 Å². The predicted octanol–water partition coefficient (Wildman–Crippen LogP) is 2.57. The maximum Gasteiger partial charge on any atom is 0.255 e. The van der Waals surface area contributed by atoms with Crippen molar-refractivity contribution in [2.75, 3.05) is 24.8 Å². The van der Waals surface area contributed by atoms with E-state index in [1.165, 1.54) is 5.56 Å². The SMILES string of the molecule is O=C(NC[C@@H]1COc2ccccc2C1)[C@@H]1CSCN1C(=O)c1ccccc1. The summed E-state index contributed by atoms with van der Waals surface area (Å²) in [4.78, 5) is 27.1. The lowest BCUT2D eigenvalue weighted by molar-refractivity contribution is -0.124. The number of hydrogen-bond acceptors (Lipinski definition) is 4. The number of carbonyl (C=O) groups excluding carboxylic acids is 2. The Labute approximate surface area is 163 Å². The zero-order valence-electron chi connectivity index (χ0n) is 15.0. The Morgan fingerprint density at radius 3 is 2.74 bits per heavy atom. The van der Waals surface area contributed by atoms with Gasteiger partial charge < -0.3 is 15.0 Å². The molecule has 140 valence electrons. The Kier molecular flexibility index (Phi) is 5.34. The van der Waals surface area contributed by atoms with Gasteiger partial charge in [-0.05, 0) is 30.2 Å². The third-order valence-electron chi connectivity index (χ3n) is 4.99. The molecule has 1 N–H and O–H groups in total. The number of rotatable bonds is 4. The van der Waals surface area contributed by atoms with Gasteiger partial charge in [-0.1, -0.05) is 36.4 Å². The Hall–Kier alpha value is -2.47. The first kappa shape index (κ1) is 17.9. The number of amides is 2. The maximum absolute atomic E-state index is 12.7. The molecule has 0 radical (unpaired) electrons. The smallest absolute Gasteiger partial charge is 0.255 e. The molecule has 2 aromatic carbocycles. The van der Waals surface area contributed by atoms with E-state index in [1.54, 1.807) is 28.8 Å². The van der Waals surface area contributed by atoms with Crippen LogP contribution in [0.25, 0.3) is 0 Å². The standard InChI is InChI=1S/C21H22N2O3S/c24-20(22-11-15-10-17-8-4-5-9-19(17)26-12-15)18-13-27-14-23(18)21(25)16-6-2-1-3-7-16/h1-9,15,18H,10-14H2,(H,22,24)/t15-,18+/m1/s1. The number of para-hydroxylation sites is 1. The molecule has 0 unspecified atom stereocenters. The van der Waals surface area contributed by atoms with Crippen LogP contribution in [0.1, 0.15) is 15.9 Å². The van der Waals surface area contributed by atoms with Crippen LogP contribution in [-0.4, -0.2) is 47.5 Å². The van der Waals surface area contributed by atoms with Gasteiger partial charge in [0.1, 0.15) is 11.8 Å². The van der Waals surface area contributed by atoms with Gasteiger partial charge in [0, 0.05) is 23.8 Å². The second-order valence-electron chi connectivity index (χ2n) is 6.89. The van der Waals surface area contributed by atoms with E-state index in [1.807, 2.05) is 36.4 Å². The van der Waals surface area contributed by atoms with Crippen LogP contribution in [0.2, 0.25) is 0 Å². The third kappa shape index (κ3) is 3.95. The van der Waals surface area contributed by atoms with Crippen molar-refractivity contribution in [3.05, 3.63) is 65.7 Å². The molecular weight excluding hydrogens is 360 g/mol. The third-order valence-corrected chi connectivity index (χ3v) is 6.00. The molecule has 4 rings (SSSR count). The lowest BCUT2D eigenvalue weighted by Gasteiger charge is -2.27. The van der Waals surface area contributed by atoms with Crippen molar-refractivity contribution in [1.29, 1.82) is 0 Å². The van der Waals surface area contributed by atoms with Crippen molar-refractivity contribution >= 4 is 23.6 Å². The molecule has 0 aromatic heterocycles. The van der Waals surface area contributed by atoms with Crippen molar-refractivity contribution in [2.45, 2.75) is 12.5 Å². The molecule has 0 aliphatic carbocycles. The van der Waals surface area contributed by atoms with Crippen molar-refractivity contribution in [2.24, 2.45) is 5.92 Å². The molecule has 0 saturated carbocycles. The summed E-state index contributed by atoms with van der Waals surface area (Å²) in [5, 5.41) is 3.04. The molecule has 1 saturated heterocycles. The molecule has 2 aromatic rings. The highest BCUT2D eigenvalue weighted by atomic mass is 32.2. The fourth-order valence-corrected chi connectivity index (χ4v) is 4.65. The van der Waals surface area contributed by atoms with Crippen molar-refractivity contribution in [3.8, 4) is 5.75 Å². The van der Waals surface area contributed by atoms with Crippen LogP contribution in [0.5, 0.6) is 5.75 Å². The Morgan fingerprint density at radius 2 is 1.89 bits per heavy atom. The number of nitrogens with zero attached hydrogens (tertiary/aromatic N) is 1. The van der Waals surface area contributed by atoms with Crippen LogP contribution in [-0.2, 0) is 11.2 Å². The molecule has 27 heavy (non-hydrogen) atoms. The average molecular weight is 382 g/mol. The minimum Gasteiger partial charge on any atom is -0.493 e. The zero-order chi connectivity index (χ0) is 18.6. The monoisotopic (exact) mass is 382 g/mol. The summed E-state index contributed by atoms with van der Waals surface area (Å²) in [5.74, 6) is 2.20. The van der Waals surface area contributed by atoms with Crippen LogP contribution in [0.3, 0.4) is 0 Å². The number of fused-ring (bicyclic) bond motifs is 1. The number of carbonyl (C=O) groups is 2. The van der Waals surface area contributed by atoms with Gasteiger partial charge in [-0.15, -0.1) is 11.8 Å². The number of thioether (sulfide) groups is 1. The zero-order valence-corrected chi connectivity index (χ0v) is 15.8. The Morgan fingerprint density at radius 1 is 1.11 bits per heavy atom. The Balaban J connectivity index is 1.35. The molecule has 2 aliphatic rings. The van der Waals surface area contributed by atoms with Gasteiger partial charge in [0.15, 0.2) is 0 Å². The summed E-state index contributed by atoms with van der Waals surface area (Å²) in [6, 6.07) is 16.7. The summed E-state index contributed by atoms with van der Waals surface area (Å²) in [6.45, 7) is 1.16. The Bertz CT molecular complexity index is 827. The highest BCUT2D eigenvalue weighted by Crippen LogP contribution is 2.27. The number of hydrogen-bond donors (Lipinski definition) is 1. The van der Waals surface area contributed by atoms with Crippen molar-refractivity contribution in [1.82, 2.24) is 10.2 Å². The molecule has 2 aliphatic heterocycles. The van der Waals surface area contributed by atoms with E-state index in [9.17, 15) is 9.59 Å². The van der Waals surface area contributed by atoms with E-state index in [0.29, 0.717) is 30.3 Å². The molecule has 5 nitrogen and oxygen atoms in total. The van der Waals surface area contributed by atoms with Gasteiger partial charge in [0.2, 0.25) is 5.91 Å². The molecule has 0 bridgehead atoms. The second kappa shape index (κ2) is 8.05. The summed E-state index contributed by atoms with van der Waals surface area (Å²) in [5.41, 5.74) is 1.80. The molecule has 1 fully saturated rings. The first-order valence-corrected chi connectivity index (χ1v) is 10.3. The normalized spacial score (nSPS) is 21.3. The second-order valence-corrected chi connectivity index (χ2v) is 7.89. The summed E-state index contributed by atoms with van der Waals surface area (Å²) < 4.78 is 5.79. The van der Waals surface area contributed by atoms with E-state index in [0.717, 1.165) is 12.2 Å². The molecule has 2 atom stereocenters. The first-order valence-electron chi connectivity index (χ1n) is 9.14. The number of benzene rings is 2. The molecule has 2 heterocycles. The molecular formula is C21H22N2O3S. The lowest BCUT2D eigenvalue weighted by Crippen LogP contribution is -2.48. The quantitative estimate of drug-likeness (QED) is 0.883. The first-order chi connectivity index (χ1) is 13.2. The van der Waals surface area contributed by atoms with E-state index in [2.05, 4.69) is 11.4 Å². The van der Waals surface area contributed by atoms with Gasteiger partial charge in [0.25, 0.3) is 5.91 Å². The predicted molar refractivity (Wildman–Crippen MR) is 106 cm³/mol. The molecule has 6 heteroatoms. The lowest BCUT2D eigenvalue weighted by atomic mass is 9.96. The van der Waals surface area contributed by atoms with Gasteiger partial charge in [-0.3, -0.25) is 9.59 Å². The minimum atomic E-state index is -0.417. The highest BCUT2D eigenvalue weighted by molar-refractivity contribution is 7.99. The minimum absolute atomic E-state index is 0.0804. The maximum atomic E-state index is 12.7. The molecule has 2 amide bonds. The largest absolute Gasteiger partial charge is 0.493 e. The van der Waals surface area contributed by atoms with Gasteiger partial charge in [0.05, 0.1) is 12.5 Å². The summed E-state index contributed by atoms with van der Waals surface area (Å²) >= 11 is 1.61. The topological polar surface area (TPSA) is 58.6 Å². The number of nitrogens with one attached hydrogen (secondary N) is 1. The van der Waals surface area contributed by atoms with Gasteiger partial charge in [-0.25, -0.2) is 0 Å². The van der Waals surface area contributed by atoms with E-state index in [-0.39, 0.29) is 17.7 Å². The summed E-state index contributed by atoms with van der Waals surface area (Å²) in [7, 11) is 0. The van der Waals surface area contributed by atoms with E-state index >= 15 is 0 Å². The molecule has 0 spiro atoms. The van der Waals surface area contributed by atoms with Crippen LogP contribution in [0, 0.1) is 5.92 Å². The van der Waals surface area contributed by atoms with Crippen LogP contribution in [0.4, 0.5) is 0 Å².